The Labute approximate surface area is 117 Å². The first kappa shape index (κ1) is 15.5. The average molecular weight is 303 g/mol. The molecule has 0 radical (unpaired) electrons. The molecule has 1 saturated carbocycles. The molecule has 0 bridgehead atoms. The smallest absolute Gasteiger partial charge is 0.0229 e. The Morgan fingerprint density at radius 2 is 1.59 bits per heavy atom. The van der Waals surface area contributed by atoms with Crippen molar-refractivity contribution >= 4 is 15.9 Å². The van der Waals surface area contributed by atoms with Gasteiger partial charge in [0.25, 0.3) is 0 Å². The number of alkyl halides is 1. The van der Waals surface area contributed by atoms with Crippen molar-refractivity contribution in [2.24, 2.45) is 17.3 Å². The van der Waals surface area contributed by atoms with Gasteiger partial charge in [0.05, 0.1) is 0 Å². The monoisotopic (exact) mass is 302 g/mol. The van der Waals surface area contributed by atoms with Gasteiger partial charge in [0.2, 0.25) is 0 Å². The Morgan fingerprint density at radius 1 is 1.00 bits per heavy atom. The van der Waals surface area contributed by atoms with Crippen LogP contribution in [0, 0.1) is 17.3 Å². The molecule has 3 atom stereocenters. The summed E-state index contributed by atoms with van der Waals surface area (Å²) in [5, 5.41) is 0. The molecule has 0 aromatic heterocycles. The second-order valence-electron chi connectivity index (χ2n) is 7.50. The molecule has 0 N–H and O–H groups in total. The van der Waals surface area contributed by atoms with E-state index in [9.17, 15) is 0 Å². The molecular formula is C16H31Br. The number of rotatable bonds is 0. The Morgan fingerprint density at radius 3 is 2.18 bits per heavy atom. The van der Waals surface area contributed by atoms with Crippen LogP contribution in [0.15, 0.2) is 0 Å². The second kappa shape index (κ2) is 6.08. The minimum absolute atomic E-state index is 0.404. The second-order valence-corrected chi connectivity index (χ2v) is 9.42. The minimum Gasteiger partial charge on any atom is -0.0856 e. The third-order valence-corrected chi connectivity index (χ3v) is 5.41. The van der Waals surface area contributed by atoms with Crippen LogP contribution in [0.25, 0.3) is 0 Å². The van der Waals surface area contributed by atoms with Crippen LogP contribution in [-0.4, -0.2) is 4.32 Å². The van der Waals surface area contributed by atoms with Crippen LogP contribution in [0.3, 0.4) is 0 Å². The Balaban J connectivity index is 2.62. The molecule has 0 aromatic rings. The third-order valence-electron chi connectivity index (χ3n) is 4.62. The van der Waals surface area contributed by atoms with E-state index in [1.807, 2.05) is 0 Å². The van der Waals surface area contributed by atoms with Gasteiger partial charge in [-0.2, -0.15) is 0 Å². The fourth-order valence-corrected chi connectivity index (χ4v) is 4.11. The van der Waals surface area contributed by atoms with Crippen LogP contribution in [0.2, 0.25) is 0 Å². The quantitative estimate of drug-likeness (QED) is 0.468. The molecule has 0 heterocycles. The molecular weight excluding hydrogens is 272 g/mol. The lowest BCUT2D eigenvalue weighted by atomic mass is 9.69. The lowest BCUT2D eigenvalue weighted by molar-refractivity contribution is 0.139. The van der Waals surface area contributed by atoms with Crippen LogP contribution in [0.5, 0.6) is 0 Å². The van der Waals surface area contributed by atoms with Gasteiger partial charge in [-0.1, -0.05) is 69.3 Å². The van der Waals surface area contributed by atoms with Crippen molar-refractivity contribution in [1.82, 2.24) is 0 Å². The summed E-state index contributed by atoms with van der Waals surface area (Å²) in [5.41, 5.74) is 0.482. The SMILES string of the molecule is CC1CCCC(C)(Br)CCCCC1C(C)(C)C. The maximum absolute atomic E-state index is 3.91. The molecule has 0 amide bonds. The molecule has 17 heavy (non-hydrogen) atoms. The molecule has 0 spiro atoms. The van der Waals surface area contributed by atoms with E-state index < -0.39 is 0 Å². The summed E-state index contributed by atoms with van der Waals surface area (Å²) in [6, 6.07) is 0. The summed E-state index contributed by atoms with van der Waals surface area (Å²) in [5.74, 6) is 1.79. The third kappa shape index (κ3) is 5.32. The summed E-state index contributed by atoms with van der Waals surface area (Å²) in [6.45, 7) is 12.1. The first-order chi connectivity index (χ1) is 7.72. The van der Waals surface area contributed by atoms with Crippen molar-refractivity contribution in [3.05, 3.63) is 0 Å². The fraction of sp³-hybridized carbons (Fsp3) is 1.00. The maximum atomic E-state index is 3.91. The summed E-state index contributed by atoms with van der Waals surface area (Å²) in [7, 11) is 0. The van der Waals surface area contributed by atoms with Gasteiger partial charge in [0, 0.05) is 4.32 Å². The van der Waals surface area contributed by atoms with E-state index in [2.05, 4.69) is 50.5 Å². The number of halogens is 1. The van der Waals surface area contributed by atoms with Crippen molar-refractivity contribution in [2.45, 2.75) is 83.9 Å². The Bertz CT molecular complexity index is 224. The zero-order valence-corrected chi connectivity index (χ0v) is 14.1. The van der Waals surface area contributed by atoms with E-state index in [1.54, 1.807) is 0 Å². The van der Waals surface area contributed by atoms with Gasteiger partial charge in [-0.15, -0.1) is 0 Å². The van der Waals surface area contributed by atoms with Crippen LogP contribution in [0.1, 0.15) is 79.6 Å². The Kier molecular flexibility index (Phi) is 5.56. The molecule has 3 unspecified atom stereocenters. The normalized spacial score (nSPS) is 37.8. The molecule has 1 heteroatoms. The molecule has 1 aliphatic rings. The van der Waals surface area contributed by atoms with E-state index in [0.717, 1.165) is 11.8 Å². The van der Waals surface area contributed by atoms with Gasteiger partial charge in [-0.05, 0) is 43.4 Å². The summed E-state index contributed by atoms with van der Waals surface area (Å²) in [6.07, 6.45) is 9.70. The summed E-state index contributed by atoms with van der Waals surface area (Å²) < 4.78 is 0.404. The predicted octanol–water partition coefficient (Wildman–Crippen LogP) is 6.18. The predicted molar refractivity (Wildman–Crippen MR) is 81.8 cm³/mol. The summed E-state index contributed by atoms with van der Waals surface area (Å²) >= 11 is 3.91. The van der Waals surface area contributed by atoms with Gasteiger partial charge in [-0.25, -0.2) is 0 Å². The van der Waals surface area contributed by atoms with Gasteiger partial charge in [0.1, 0.15) is 0 Å². The van der Waals surface area contributed by atoms with Crippen LogP contribution in [0.4, 0.5) is 0 Å². The topological polar surface area (TPSA) is 0 Å². The highest BCUT2D eigenvalue weighted by Gasteiger charge is 2.30. The molecule has 102 valence electrons. The Hall–Kier alpha value is 0.480. The van der Waals surface area contributed by atoms with Crippen LogP contribution in [-0.2, 0) is 0 Å². The first-order valence-electron chi connectivity index (χ1n) is 7.41. The first-order valence-corrected chi connectivity index (χ1v) is 8.20. The lowest BCUT2D eigenvalue weighted by Crippen LogP contribution is -2.28. The largest absolute Gasteiger partial charge is 0.0856 e. The van der Waals surface area contributed by atoms with Crippen LogP contribution < -0.4 is 0 Å². The molecule has 0 saturated heterocycles. The molecule has 1 fully saturated rings. The molecule has 0 nitrogen and oxygen atoms in total. The maximum Gasteiger partial charge on any atom is 0.0229 e. The highest BCUT2D eigenvalue weighted by Crippen LogP contribution is 2.41. The lowest BCUT2D eigenvalue weighted by Gasteiger charge is -2.37. The van der Waals surface area contributed by atoms with E-state index >= 15 is 0 Å². The van der Waals surface area contributed by atoms with Crippen molar-refractivity contribution in [1.29, 1.82) is 0 Å². The van der Waals surface area contributed by atoms with Crippen molar-refractivity contribution in [3.63, 3.8) is 0 Å². The van der Waals surface area contributed by atoms with E-state index in [-0.39, 0.29) is 0 Å². The van der Waals surface area contributed by atoms with Gasteiger partial charge >= 0.3 is 0 Å². The van der Waals surface area contributed by atoms with E-state index in [1.165, 1.54) is 44.9 Å². The minimum atomic E-state index is 0.404. The van der Waals surface area contributed by atoms with Gasteiger partial charge in [-0.3, -0.25) is 0 Å². The standard InChI is InChI=1S/C16H31Br/c1-13-9-8-12-16(5,17)11-7-6-10-14(13)15(2,3)4/h13-14H,6-12H2,1-5H3. The number of hydrogen-bond donors (Lipinski definition) is 0. The van der Waals surface area contributed by atoms with E-state index in [4.69, 9.17) is 0 Å². The fourth-order valence-electron chi connectivity index (χ4n) is 3.55. The average Bonchev–Trinajstić information content (AvgIpc) is 2.14. The van der Waals surface area contributed by atoms with Gasteiger partial charge in [0.15, 0.2) is 0 Å². The molecule has 1 aliphatic carbocycles. The van der Waals surface area contributed by atoms with Gasteiger partial charge < -0.3 is 0 Å². The zero-order valence-electron chi connectivity index (χ0n) is 12.5. The number of hydrogen-bond acceptors (Lipinski definition) is 0. The highest BCUT2D eigenvalue weighted by molar-refractivity contribution is 9.10. The van der Waals surface area contributed by atoms with Crippen molar-refractivity contribution in [3.8, 4) is 0 Å². The van der Waals surface area contributed by atoms with E-state index in [0.29, 0.717) is 9.74 Å². The summed E-state index contributed by atoms with van der Waals surface area (Å²) in [4.78, 5) is 0. The molecule has 1 rings (SSSR count). The zero-order chi connectivity index (χ0) is 13.1. The van der Waals surface area contributed by atoms with Crippen molar-refractivity contribution < 1.29 is 0 Å². The van der Waals surface area contributed by atoms with Crippen molar-refractivity contribution in [2.75, 3.05) is 0 Å². The highest BCUT2D eigenvalue weighted by atomic mass is 79.9. The van der Waals surface area contributed by atoms with Crippen LogP contribution >= 0.6 is 15.9 Å². The molecule has 0 aliphatic heterocycles. The molecule has 0 aromatic carbocycles.